The number of hydrogen-bond donors (Lipinski definition) is 0. The molecule has 0 aromatic heterocycles. The molecule has 1 nitrogen and oxygen atoms in total. The molecule has 0 heterocycles. The molecule has 0 radical (unpaired) electrons. The highest BCUT2D eigenvalue weighted by Crippen LogP contribution is 2.31. The summed E-state index contributed by atoms with van der Waals surface area (Å²) in [7, 11) is 0. The molecule has 0 aromatic carbocycles. The standard InChI is InChI=1S/C8H16Cl2O/c1-6(2)5-11-8(9,10)7(3)4/h6-7H,5H2,1-4H3. The Labute approximate surface area is 79.0 Å². The van der Waals surface area contributed by atoms with E-state index in [1.807, 2.05) is 13.8 Å². The Morgan fingerprint density at radius 2 is 1.64 bits per heavy atom. The van der Waals surface area contributed by atoms with Gasteiger partial charge in [0.1, 0.15) is 0 Å². The molecule has 0 amide bonds. The normalized spacial score (nSPS) is 13.1. The van der Waals surface area contributed by atoms with Crippen LogP contribution >= 0.6 is 23.2 Å². The molecular weight excluding hydrogens is 183 g/mol. The van der Waals surface area contributed by atoms with Crippen LogP contribution in [0.1, 0.15) is 27.7 Å². The minimum Gasteiger partial charge on any atom is -0.346 e. The van der Waals surface area contributed by atoms with E-state index in [1.165, 1.54) is 0 Å². The highest BCUT2D eigenvalue weighted by molar-refractivity contribution is 6.47. The molecule has 3 heteroatoms. The molecule has 0 fully saturated rings. The van der Waals surface area contributed by atoms with Crippen molar-refractivity contribution >= 4 is 23.2 Å². The summed E-state index contributed by atoms with van der Waals surface area (Å²) in [6.45, 7) is 8.58. The van der Waals surface area contributed by atoms with Crippen LogP contribution in [0.2, 0.25) is 0 Å². The Morgan fingerprint density at radius 3 is 1.91 bits per heavy atom. The molecule has 0 spiro atoms. The van der Waals surface area contributed by atoms with Crippen LogP contribution in [0.4, 0.5) is 0 Å². The lowest BCUT2D eigenvalue weighted by molar-refractivity contribution is 0.0308. The van der Waals surface area contributed by atoms with Crippen molar-refractivity contribution in [1.29, 1.82) is 0 Å². The van der Waals surface area contributed by atoms with E-state index in [4.69, 9.17) is 27.9 Å². The van der Waals surface area contributed by atoms with Gasteiger partial charge in [-0.1, -0.05) is 50.9 Å². The van der Waals surface area contributed by atoms with Crippen LogP contribution in [0.5, 0.6) is 0 Å². The lowest BCUT2D eigenvalue weighted by Gasteiger charge is -2.24. The van der Waals surface area contributed by atoms with Crippen molar-refractivity contribution in [2.24, 2.45) is 11.8 Å². The van der Waals surface area contributed by atoms with E-state index in [0.29, 0.717) is 12.5 Å². The fraction of sp³-hybridized carbons (Fsp3) is 1.00. The van der Waals surface area contributed by atoms with Gasteiger partial charge in [0.05, 0.1) is 6.61 Å². The highest BCUT2D eigenvalue weighted by Gasteiger charge is 2.29. The molecule has 0 aliphatic heterocycles. The van der Waals surface area contributed by atoms with E-state index in [1.54, 1.807) is 0 Å². The second-order valence-electron chi connectivity index (χ2n) is 3.42. The molecular formula is C8H16Cl2O. The van der Waals surface area contributed by atoms with Gasteiger partial charge in [0.2, 0.25) is 4.52 Å². The molecule has 0 saturated carbocycles. The zero-order valence-electron chi connectivity index (χ0n) is 7.53. The third kappa shape index (κ3) is 4.89. The summed E-state index contributed by atoms with van der Waals surface area (Å²) in [5.41, 5.74) is 0. The molecule has 0 aromatic rings. The lowest BCUT2D eigenvalue weighted by Crippen LogP contribution is -2.26. The summed E-state index contributed by atoms with van der Waals surface area (Å²) in [5, 5.41) is 0. The van der Waals surface area contributed by atoms with Crippen LogP contribution in [-0.2, 0) is 4.74 Å². The Bertz CT molecular complexity index is 111. The van der Waals surface area contributed by atoms with Crippen molar-refractivity contribution in [2.45, 2.75) is 32.2 Å². The van der Waals surface area contributed by atoms with Gasteiger partial charge >= 0.3 is 0 Å². The second-order valence-corrected chi connectivity index (χ2v) is 4.74. The first kappa shape index (κ1) is 11.5. The van der Waals surface area contributed by atoms with Crippen LogP contribution in [0.3, 0.4) is 0 Å². The Morgan fingerprint density at radius 1 is 1.18 bits per heavy atom. The number of hydrogen-bond acceptors (Lipinski definition) is 1. The third-order valence-corrected chi connectivity index (χ3v) is 2.37. The lowest BCUT2D eigenvalue weighted by atomic mass is 10.2. The molecule has 0 bridgehead atoms. The van der Waals surface area contributed by atoms with Crippen molar-refractivity contribution in [3.05, 3.63) is 0 Å². The molecule has 11 heavy (non-hydrogen) atoms. The maximum Gasteiger partial charge on any atom is 0.219 e. The third-order valence-electron chi connectivity index (χ3n) is 1.28. The maximum absolute atomic E-state index is 5.86. The predicted molar refractivity (Wildman–Crippen MR) is 50.1 cm³/mol. The second kappa shape index (κ2) is 4.54. The van der Waals surface area contributed by atoms with Crippen molar-refractivity contribution in [3.8, 4) is 0 Å². The number of alkyl halides is 2. The average Bonchev–Trinajstić information content (AvgIpc) is 1.84. The minimum atomic E-state index is -1.02. The van der Waals surface area contributed by atoms with Crippen molar-refractivity contribution in [3.63, 3.8) is 0 Å². The van der Waals surface area contributed by atoms with Crippen LogP contribution in [0.15, 0.2) is 0 Å². The molecule has 0 aliphatic carbocycles. The van der Waals surface area contributed by atoms with Crippen molar-refractivity contribution in [2.75, 3.05) is 6.61 Å². The van der Waals surface area contributed by atoms with Gasteiger partial charge in [0, 0.05) is 5.92 Å². The molecule has 0 aliphatic rings. The van der Waals surface area contributed by atoms with Crippen LogP contribution in [0, 0.1) is 11.8 Å². The fourth-order valence-electron chi connectivity index (χ4n) is 0.444. The molecule has 0 rings (SSSR count). The van der Waals surface area contributed by atoms with E-state index in [-0.39, 0.29) is 5.92 Å². The topological polar surface area (TPSA) is 9.23 Å². The summed E-state index contributed by atoms with van der Waals surface area (Å²) < 4.78 is 4.26. The van der Waals surface area contributed by atoms with E-state index >= 15 is 0 Å². The van der Waals surface area contributed by atoms with Crippen LogP contribution in [-0.4, -0.2) is 11.1 Å². The predicted octanol–water partition coefficient (Wildman–Crippen LogP) is 3.45. The van der Waals surface area contributed by atoms with Gasteiger partial charge in [-0.05, 0) is 5.92 Å². The van der Waals surface area contributed by atoms with E-state index in [0.717, 1.165) is 0 Å². The van der Waals surface area contributed by atoms with E-state index in [2.05, 4.69) is 13.8 Å². The number of ether oxygens (including phenoxy) is 1. The van der Waals surface area contributed by atoms with E-state index < -0.39 is 4.52 Å². The number of halogens is 2. The first-order valence-electron chi connectivity index (χ1n) is 3.88. The molecule has 68 valence electrons. The quantitative estimate of drug-likeness (QED) is 0.630. The maximum atomic E-state index is 5.86. The summed E-state index contributed by atoms with van der Waals surface area (Å²) in [5.74, 6) is 0.579. The summed E-state index contributed by atoms with van der Waals surface area (Å²) in [6, 6.07) is 0. The Balaban J connectivity index is 3.73. The van der Waals surface area contributed by atoms with Gasteiger partial charge in [-0.3, -0.25) is 0 Å². The van der Waals surface area contributed by atoms with Gasteiger partial charge in [0.25, 0.3) is 0 Å². The Kier molecular flexibility index (Phi) is 4.76. The zero-order valence-corrected chi connectivity index (χ0v) is 9.04. The first-order chi connectivity index (χ1) is 4.86. The molecule has 0 N–H and O–H groups in total. The molecule has 0 saturated heterocycles. The average molecular weight is 199 g/mol. The van der Waals surface area contributed by atoms with Gasteiger partial charge in [-0.15, -0.1) is 0 Å². The SMILES string of the molecule is CC(C)COC(Cl)(Cl)C(C)C. The summed E-state index contributed by atoms with van der Waals surface area (Å²) >= 11 is 11.7. The largest absolute Gasteiger partial charge is 0.346 e. The van der Waals surface area contributed by atoms with Crippen LogP contribution in [0.25, 0.3) is 0 Å². The summed E-state index contributed by atoms with van der Waals surface area (Å²) in [6.07, 6.45) is 0. The molecule has 0 atom stereocenters. The van der Waals surface area contributed by atoms with Crippen LogP contribution < -0.4 is 0 Å². The van der Waals surface area contributed by atoms with Gasteiger partial charge in [-0.25, -0.2) is 0 Å². The fourth-order valence-corrected chi connectivity index (χ4v) is 0.570. The highest BCUT2D eigenvalue weighted by atomic mass is 35.5. The Hall–Kier alpha value is 0.540. The van der Waals surface area contributed by atoms with Gasteiger partial charge in [0.15, 0.2) is 0 Å². The van der Waals surface area contributed by atoms with Gasteiger partial charge < -0.3 is 4.74 Å². The van der Waals surface area contributed by atoms with E-state index in [9.17, 15) is 0 Å². The van der Waals surface area contributed by atoms with Crippen molar-refractivity contribution < 1.29 is 4.74 Å². The van der Waals surface area contributed by atoms with Gasteiger partial charge in [-0.2, -0.15) is 0 Å². The monoisotopic (exact) mass is 198 g/mol. The molecule has 0 unspecified atom stereocenters. The minimum absolute atomic E-state index is 0.115. The first-order valence-corrected chi connectivity index (χ1v) is 4.63. The zero-order chi connectivity index (χ0) is 9.07. The smallest absolute Gasteiger partial charge is 0.219 e. The number of rotatable bonds is 4. The summed E-state index contributed by atoms with van der Waals surface area (Å²) in [4.78, 5) is 0. The van der Waals surface area contributed by atoms with Crippen molar-refractivity contribution in [1.82, 2.24) is 0 Å².